The van der Waals surface area contributed by atoms with Crippen LogP contribution in [0.15, 0.2) is 46.6 Å². The topological polar surface area (TPSA) is 54.4 Å². The standard InChI is InChI=1S/C36H56O3/c1-25(2)10-9-11-30-15-18-35(23-37,19-16-30)32(31-13-12-28(5)34(31,7)8)21-27(4)33(39)22-36(24-38)17-14-26(3)20-29(36)6/h10,12,15,20,23-24,27,29,31-33,39H,9,11,13-14,16-19,21-22H2,1-8H3. The molecule has 0 aromatic rings. The molecule has 3 rings (SSSR count). The van der Waals surface area contributed by atoms with Crippen molar-refractivity contribution in [2.45, 2.75) is 126 Å². The van der Waals surface area contributed by atoms with Gasteiger partial charge in [0.1, 0.15) is 12.6 Å². The first-order valence-electron chi connectivity index (χ1n) is 15.6. The van der Waals surface area contributed by atoms with Crippen molar-refractivity contribution < 1.29 is 14.7 Å². The minimum absolute atomic E-state index is 0.0163. The molecule has 3 heteroatoms. The summed E-state index contributed by atoms with van der Waals surface area (Å²) in [6.07, 6.45) is 20.0. The number of carbonyl (C=O) groups excluding carboxylic acids is 2. The van der Waals surface area contributed by atoms with Crippen LogP contribution in [0.25, 0.3) is 0 Å². The molecule has 0 fully saturated rings. The molecular weight excluding hydrogens is 480 g/mol. The molecule has 0 aliphatic heterocycles. The van der Waals surface area contributed by atoms with Crippen LogP contribution in [0.3, 0.4) is 0 Å². The quantitative estimate of drug-likeness (QED) is 0.200. The van der Waals surface area contributed by atoms with Crippen LogP contribution in [-0.2, 0) is 9.59 Å². The summed E-state index contributed by atoms with van der Waals surface area (Å²) in [5.74, 6) is 0.716. The fourth-order valence-corrected chi connectivity index (χ4v) is 7.84. The van der Waals surface area contributed by atoms with Crippen LogP contribution in [0.5, 0.6) is 0 Å². The number of aliphatic hydroxyl groups is 1. The van der Waals surface area contributed by atoms with E-state index in [9.17, 15) is 14.7 Å². The molecule has 3 aliphatic carbocycles. The first-order chi connectivity index (χ1) is 18.3. The van der Waals surface area contributed by atoms with Crippen LogP contribution in [0.2, 0.25) is 0 Å². The summed E-state index contributed by atoms with van der Waals surface area (Å²) >= 11 is 0. The number of aliphatic hydroxyl groups excluding tert-OH is 1. The third-order valence-corrected chi connectivity index (χ3v) is 11.3. The normalized spacial score (nSPS) is 32.8. The minimum atomic E-state index is -0.562. The van der Waals surface area contributed by atoms with E-state index in [1.807, 2.05) is 0 Å². The highest BCUT2D eigenvalue weighted by atomic mass is 16.3. The second kappa shape index (κ2) is 12.8. The van der Waals surface area contributed by atoms with Gasteiger partial charge in [-0.2, -0.15) is 0 Å². The van der Waals surface area contributed by atoms with Gasteiger partial charge >= 0.3 is 0 Å². The van der Waals surface area contributed by atoms with Gasteiger partial charge in [0.05, 0.1) is 6.10 Å². The average molecular weight is 537 g/mol. The first kappa shape index (κ1) is 31.8. The summed E-state index contributed by atoms with van der Waals surface area (Å²) in [5.41, 5.74) is 4.74. The molecule has 0 saturated heterocycles. The van der Waals surface area contributed by atoms with E-state index in [2.05, 4.69) is 79.7 Å². The Morgan fingerprint density at radius 3 is 2.33 bits per heavy atom. The Balaban J connectivity index is 1.84. The van der Waals surface area contributed by atoms with Gasteiger partial charge in [-0.15, -0.1) is 0 Å². The molecule has 0 aromatic heterocycles. The maximum atomic E-state index is 13.1. The lowest BCUT2D eigenvalue weighted by atomic mass is 9.55. The zero-order valence-electron chi connectivity index (χ0n) is 26.2. The lowest BCUT2D eigenvalue weighted by molar-refractivity contribution is -0.124. The van der Waals surface area contributed by atoms with E-state index in [0.717, 1.165) is 64.1 Å². The van der Waals surface area contributed by atoms with Crippen molar-refractivity contribution in [3.63, 3.8) is 0 Å². The molecule has 0 radical (unpaired) electrons. The summed E-state index contributed by atoms with van der Waals surface area (Å²) in [7, 11) is 0. The van der Waals surface area contributed by atoms with Gasteiger partial charge in [-0.05, 0) is 121 Å². The Bertz CT molecular complexity index is 1010. The molecule has 39 heavy (non-hydrogen) atoms. The SMILES string of the molecule is CC(C)=CCCC1=CCC(C=O)(C(CC(C)C(O)CC2(C=O)CCC(C)=CC2C)C2CC=C(C)C2(C)C)CC1. The highest BCUT2D eigenvalue weighted by Gasteiger charge is 2.50. The maximum absolute atomic E-state index is 13.1. The average Bonchev–Trinajstić information content (AvgIpc) is 3.16. The van der Waals surface area contributed by atoms with E-state index in [1.165, 1.54) is 28.6 Å². The van der Waals surface area contributed by atoms with Crippen LogP contribution < -0.4 is 0 Å². The molecule has 0 aromatic carbocycles. The fraction of sp³-hybridized carbons (Fsp3) is 0.722. The van der Waals surface area contributed by atoms with Crippen LogP contribution >= 0.6 is 0 Å². The van der Waals surface area contributed by atoms with Crippen molar-refractivity contribution in [1.29, 1.82) is 0 Å². The Morgan fingerprint density at radius 1 is 1.10 bits per heavy atom. The monoisotopic (exact) mass is 536 g/mol. The number of allylic oxidation sites excluding steroid dienone is 8. The number of carbonyl (C=O) groups is 2. The van der Waals surface area contributed by atoms with E-state index in [-0.39, 0.29) is 23.2 Å². The van der Waals surface area contributed by atoms with E-state index in [1.54, 1.807) is 0 Å². The summed E-state index contributed by atoms with van der Waals surface area (Å²) in [4.78, 5) is 25.4. The van der Waals surface area contributed by atoms with Crippen molar-refractivity contribution in [1.82, 2.24) is 0 Å². The van der Waals surface area contributed by atoms with Gasteiger partial charge in [0.15, 0.2) is 0 Å². The molecule has 0 saturated carbocycles. The van der Waals surface area contributed by atoms with Gasteiger partial charge in [0, 0.05) is 10.8 Å². The highest BCUT2D eigenvalue weighted by Crippen LogP contribution is 2.56. The molecule has 1 N–H and O–H groups in total. The van der Waals surface area contributed by atoms with Gasteiger partial charge < -0.3 is 14.7 Å². The Hall–Kier alpha value is -1.74. The Morgan fingerprint density at radius 2 is 1.82 bits per heavy atom. The molecule has 3 aliphatic rings. The predicted molar refractivity (Wildman–Crippen MR) is 163 cm³/mol. The van der Waals surface area contributed by atoms with Gasteiger partial charge in [-0.1, -0.05) is 74.3 Å². The number of hydrogen-bond donors (Lipinski definition) is 1. The third-order valence-electron chi connectivity index (χ3n) is 11.3. The molecule has 0 spiro atoms. The molecular formula is C36H56O3. The van der Waals surface area contributed by atoms with Gasteiger partial charge in [-0.3, -0.25) is 0 Å². The number of hydrogen-bond acceptors (Lipinski definition) is 3. The Kier molecular flexibility index (Phi) is 10.5. The van der Waals surface area contributed by atoms with Crippen LogP contribution in [-0.4, -0.2) is 23.8 Å². The largest absolute Gasteiger partial charge is 0.393 e. The molecule has 0 bridgehead atoms. The maximum Gasteiger partial charge on any atom is 0.126 e. The second-order valence-electron chi connectivity index (χ2n) is 14.4. The summed E-state index contributed by atoms with van der Waals surface area (Å²) < 4.78 is 0. The van der Waals surface area contributed by atoms with Crippen molar-refractivity contribution in [2.75, 3.05) is 0 Å². The summed E-state index contributed by atoms with van der Waals surface area (Å²) in [6.45, 7) is 17.6. The van der Waals surface area contributed by atoms with Gasteiger partial charge in [-0.25, -0.2) is 0 Å². The van der Waals surface area contributed by atoms with E-state index < -0.39 is 16.9 Å². The van der Waals surface area contributed by atoms with Crippen molar-refractivity contribution >= 4 is 12.6 Å². The summed E-state index contributed by atoms with van der Waals surface area (Å²) in [6, 6.07) is 0. The zero-order chi connectivity index (χ0) is 29.0. The highest BCUT2D eigenvalue weighted by molar-refractivity contribution is 5.62. The van der Waals surface area contributed by atoms with Crippen molar-refractivity contribution in [3.05, 3.63) is 46.6 Å². The summed E-state index contributed by atoms with van der Waals surface area (Å²) in [5, 5.41) is 11.6. The predicted octanol–water partition coefficient (Wildman–Crippen LogP) is 8.98. The second-order valence-corrected chi connectivity index (χ2v) is 14.4. The molecule has 218 valence electrons. The molecule has 0 heterocycles. The molecule has 7 unspecified atom stereocenters. The smallest absolute Gasteiger partial charge is 0.126 e. The van der Waals surface area contributed by atoms with Crippen molar-refractivity contribution in [3.8, 4) is 0 Å². The van der Waals surface area contributed by atoms with E-state index in [4.69, 9.17) is 0 Å². The van der Waals surface area contributed by atoms with Crippen LogP contribution in [0.4, 0.5) is 0 Å². The van der Waals surface area contributed by atoms with Gasteiger partial charge in [0.25, 0.3) is 0 Å². The zero-order valence-corrected chi connectivity index (χ0v) is 26.2. The Labute approximate surface area is 239 Å². The lowest BCUT2D eigenvalue weighted by Crippen LogP contribution is -2.44. The molecule has 7 atom stereocenters. The van der Waals surface area contributed by atoms with Crippen molar-refractivity contribution in [2.24, 2.45) is 39.9 Å². The van der Waals surface area contributed by atoms with E-state index >= 15 is 0 Å². The lowest BCUT2D eigenvalue weighted by Gasteiger charge is -2.48. The van der Waals surface area contributed by atoms with Gasteiger partial charge in [0.2, 0.25) is 0 Å². The van der Waals surface area contributed by atoms with E-state index in [0.29, 0.717) is 12.3 Å². The fourth-order valence-electron chi connectivity index (χ4n) is 7.84. The number of rotatable bonds is 12. The third kappa shape index (κ3) is 6.95. The van der Waals surface area contributed by atoms with Crippen LogP contribution in [0, 0.1) is 39.9 Å². The number of aldehydes is 2. The molecule has 0 amide bonds. The molecule has 3 nitrogen and oxygen atoms in total. The minimum Gasteiger partial charge on any atom is -0.393 e. The first-order valence-corrected chi connectivity index (χ1v) is 15.6. The van der Waals surface area contributed by atoms with Crippen LogP contribution in [0.1, 0.15) is 120 Å².